The summed E-state index contributed by atoms with van der Waals surface area (Å²) in [7, 11) is -4.06. The molecule has 0 spiro atoms. The van der Waals surface area contributed by atoms with Crippen LogP contribution < -0.4 is 9.73 Å². The number of hydrogen-bond acceptors (Lipinski definition) is 4. The van der Waals surface area contributed by atoms with E-state index in [4.69, 9.17) is 11.6 Å². The molecule has 4 rings (SSSR count). The van der Waals surface area contributed by atoms with Crippen molar-refractivity contribution < 1.29 is 13.2 Å². The van der Waals surface area contributed by atoms with E-state index >= 15 is 0 Å². The monoisotopic (exact) mass is 626 g/mol. The molecule has 10 heteroatoms. The van der Waals surface area contributed by atoms with Crippen molar-refractivity contribution in [3.05, 3.63) is 110 Å². The summed E-state index contributed by atoms with van der Waals surface area (Å²) in [5, 5.41) is 4.54. The van der Waals surface area contributed by atoms with Crippen LogP contribution in [0.15, 0.2) is 87.3 Å². The Balaban J connectivity index is 1.58. The summed E-state index contributed by atoms with van der Waals surface area (Å²) in [6.45, 7) is 7.33. The van der Waals surface area contributed by atoms with E-state index in [9.17, 15) is 13.2 Å². The zero-order valence-electron chi connectivity index (χ0n) is 21.9. The van der Waals surface area contributed by atoms with E-state index in [0.717, 1.165) is 42.5 Å². The van der Waals surface area contributed by atoms with Crippen molar-refractivity contribution in [2.45, 2.75) is 32.6 Å². The molecule has 1 N–H and O–H groups in total. The van der Waals surface area contributed by atoms with Crippen molar-refractivity contribution >= 4 is 55.4 Å². The van der Waals surface area contributed by atoms with Crippen LogP contribution in [0.4, 0.5) is 5.69 Å². The van der Waals surface area contributed by atoms with Gasteiger partial charge in [0.25, 0.3) is 15.9 Å². The summed E-state index contributed by atoms with van der Waals surface area (Å²) in [6, 6.07) is 21.0. The molecule has 0 fully saturated rings. The molecule has 39 heavy (non-hydrogen) atoms. The largest absolute Gasteiger partial charge is 0.317 e. The standard InChI is InChI=1S/C29H28BrClN4O3S/c1-19-9-12-25(15-20(19)2)34(39(37,38)26-13-10-24(31)11-14-26)18-29(36)33-32-17-23-16-21(3)35(22(23)4)28-8-6-5-7-27(28)30/h5-17H,18H2,1-4H3,(H,33,36)/b32-17-. The number of aromatic nitrogens is 1. The Bertz CT molecular complexity index is 1660. The van der Waals surface area contributed by atoms with Crippen molar-refractivity contribution in [1.82, 2.24) is 9.99 Å². The van der Waals surface area contributed by atoms with Gasteiger partial charge in [0.2, 0.25) is 0 Å². The highest BCUT2D eigenvalue weighted by Gasteiger charge is 2.27. The van der Waals surface area contributed by atoms with E-state index < -0.39 is 22.5 Å². The molecule has 3 aromatic carbocycles. The second-order valence-electron chi connectivity index (χ2n) is 9.14. The summed E-state index contributed by atoms with van der Waals surface area (Å²) in [6.07, 6.45) is 1.56. The molecule has 0 aliphatic heterocycles. The molecular formula is C29H28BrClN4O3S. The number of benzene rings is 3. The Hall–Kier alpha value is -3.40. The van der Waals surface area contributed by atoms with E-state index in [0.29, 0.717) is 10.7 Å². The van der Waals surface area contributed by atoms with Crippen molar-refractivity contribution in [3.63, 3.8) is 0 Å². The molecule has 1 aromatic heterocycles. The number of nitrogens with one attached hydrogen (secondary N) is 1. The number of halogens is 2. The SMILES string of the molecule is Cc1ccc(N(CC(=O)N/N=C\c2cc(C)n(-c3ccccc3Br)c2C)S(=O)(=O)c2ccc(Cl)cc2)cc1C. The normalized spacial score (nSPS) is 11.6. The van der Waals surface area contributed by atoms with Gasteiger partial charge in [0, 0.05) is 26.4 Å². The van der Waals surface area contributed by atoms with Gasteiger partial charge in [-0.3, -0.25) is 9.10 Å². The fraction of sp³-hybridized carbons (Fsp3) is 0.172. The Morgan fingerprint density at radius 2 is 1.69 bits per heavy atom. The number of para-hydroxylation sites is 1. The highest BCUT2D eigenvalue weighted by atomic mass is 79.9. The number of anilines is 1. The van der Waals surface area contributed by atoms with Gasteiger partial charge in [-0.15, -0.1) is 0 Å². The molecule has 1 heterocycles. The number of hydrazone groups is 1. The summed E-state index contributed by atoms with van der Waals surface area (Å²) in [4.78, 5) is 13.0. The summed E-state index contributed by atoms with van der Waals surface area (Å²) in [5.41, 5.74) is 8.54. The van der Waals surface area contributed by atoms with E-state index in [-0.39, 0.29) is 4.90 Å². The lowest BCUT2D eigenvalue weighted by atomic mass is 10.1. The number of carbonyl (C=O) groups is 1. The third-order valence-corrected chi connectivity index (χ3v) is 9.13. The molecule has 0 unspecified atom stereocenters. The third-order valence-electron chi connectivity index (χ3n) is 6.42. The van der Waals surface area contributed by atoms with Gasteiger partial charge in [-0.05, 0) is 109 Å². The highest BCUT2D eigenvalue weighted by molar-refractivity contribution is 9.10. The molecule has 0 bridgehead atoms. The number of nitrogens with zero attached hydrogens (tertiary/aromatic N) is 3. The van der Waals surface area contributed by atoms with Crippen LogP contribution in [0.5, 0.6) is 0 Å². The maximum atomic E-state index is 13.6. The Kier molecular flexibility index (Phi) is 8.64. The second-order valence-corrected chi connectivity index (χ2v) is 12.3. The number of sulfonamides is 1. The van der Waals surface area contributed by atoms with Crippen LogP contribution >= 0.6 is 27.5 Å². The topological polar surface area (TPSA) is 83.8 Å². The smallest absolute Gasteiger partial charge is 0.264 e. The first-order valence-electron chi connectivity index (χ1n) is 12.1. The number of rotatable bonds is 8. The van der Waals surface area contributed by atoms with E-state index in [1.807, 2.05) is 64.1 Å². The predicted octanol–water partition coefficient (Wildman–Crippen LogP) is 6.47. The molecule has 7 nitrogen and oxygen atoms in total. The molecular weight excluding hydrogens is 600 g/mol. The summed E-state index contributed by atoms with van der Waals surface area (Å²) >= 11 is 9.56. The van der Waals surface area contributed by atoms with Crippen molar-refractivity contribution in [2.75, 3.05) is 10.8 Å². The van der Waals surface area contributed by atoms with Crippen molar-refractivity contribution in [1.29, 1.82) is 0 Å². The zero-order valence-corrected chi connectivity index (χ0v) is 25.1. The van der Waals surface area contributed by atoms with Gasteiger partial charge >= 0.3 is 0 Å². The van der Waals surface area contributed by atoms with Crippen LogP contribution in [0.25, 0.3) is 5.69 Å². The number of hydrogen-bond donors (Lipinski definition) is 1. The van der Waals surface area contributed by atoms with Crippen LogP contribution in [0.2, 0.25) is 5.02 Å². The quantitative estimate of drug-likeness (QED) is 0.180. The lowest BCUT2D eigenvalue weighted by Gasteiger charge is -2.24. The average molecular weight is 628 g/mol. The van der Waals surface area contributed by atoms with E-state index in [2.05, 4.69) is 31.0 Å². The molecule has 0 radical (unpaired) electrons. The summed E-state index contributed by atoms with van der Waals surface area (Å²) < 4.78 is 31.3. The van der Waals surface area contributed by atoms with Gasteiger partial charge in [-0.25, -0.2) is 13.8 Å². The fourth-order valence-electron chi connectivity index (χ4n) is 4.19. The lowest BCUT2D eigenvalue weighted by molar-refractivity contribution is -0.119. The van der Waals surface area contributed by atoms with E-state index in [1.54, 1.807) is 18.3 Å². The summed E-state index contributed by atoms with van der Waals surface area (Å²) in [5.74, 6) is -0.582. The minimum Gasteiger partial charge on any atom is -0.317 e. The van der Waals surface area contributed by atoms with Crippen LogP contribution in [0, 0.1) is 27.7 Å². The van der Waals surface area contributed by atoms with Crippen LogP contribution in [0.1, 0.15) is 28.1 Å². The molecule has 0 saturated carbocycles. The zero-order chi connectivity index (χ0) is 28.3. The van der Waals surface area contributed by atoms with Gasteiger partial charge in [0.05, 0.1) is 22.5 Å². The molecule has 202 valence electrons. The number of amides is 1. The Morgan fingerprint density at radius 1 is 1.00 bits per heavy atom. The second kappa shape index (κ2) is 11.8. The minimum absolute atomic E-state index is 0.0286. The average Bonchev–Trinajstić information content (AvgIpc) is 3.17. The van der Waals surface area contributed by atoms with E-state index in [1.165, 1.54) is 24.3 Å². The number of aryl methyl sites for hydroxylation is 3. The highest BCUT2D eigenvalue weighted by Crippen LogP contribution is 2.27. The van der Waals surface area contributed by atoms with Crippen LogP contribution in [-0.4, -0.2) is 31.7 Å². The molecule has 0 saturated heterocycles. The molecule has 0 atom stereocenters. The third kappa shape index (κ3) is 6.27. The molecule has 1 amide bonds. The van der Waals surface area contributed by atoms with Gasteiger partial charge in [-0.1, -0.05) is 29.8 Å². The lowest BCUT2D eigenvalue weighted by Crippen LogP contribution is -2.39. The predicted molar refractivity (Wildman–Crippen MR) is 161 cm³/mol. The van der Waals surface area contributed by atoms with Crippen LogP contribution in [-0.2, 0) is 14.8 Å². The van der Waals surface area contributed by atoms with Gasteiger partial charge in [0.1, 0.15) is 6.54 Å². The Labute approximate surface area is 242 Å². The maximum Gasteiger partial charge on any atom is 0.264 e. The minimum atomic E-state index is -4.06. The fourth-order valence-corrected chi connectivity index (χ4v) is 6.19. The van der Waals surface area contributed by atoms with Gasteiger partial charge in [0.15, 0.2) is 0 Å². The first kappa shape index (κ1) is 28.6. The van der Waals surface area contributed by atoms with Crippen LogP contribution in [0.3, 0.4) is 0 Å². The van der Waals surface area contributed by atoms with Crippen molar-refractivity contribution in [3.8, 4) is 5.69 Å². The maximum absolute atomic E-state index is 13.6. The molecule has 0 aliphatic carbocycles. The number of carbonyl (C=O) groups excluding carboxylic acids is 1. The van der Waals surface area contributed by atoms with Gasteiger partial charge in [-0.2, -0.15) is 5.10 Å². The molecule has 4 aromatic rings. The Morgan fingerprint density at radius 3 is 2.36 bits per heavy atom. The van der Waals surface area contributed by atoms with Gasteiger partial charge < -0.3 is 4.57 Å². The van der Waals surface area contributed by atoms with Crippen molar-refractivity contribution in [2.24, 2.45) is 5.10 Å². The first-order valence-corrected chi connectivity index (χ1v) is 14.7. The first-order chi connectivity index (χ1) is 18.5. The molecule has 0 aliphatic rings.